The van der Waals surface area contributed by atoms with Gasteiger partial charge in [0.2, 0.25) is 0 Å². The molecular formula is C13H24N2. The van der Waals surface area contributed by atoms with Crippen LogP contribution in [0.5, 0.6) is 0 Å². The molecule has 0 bridgehead atoms. The third kappa shape index (κ3) is 4.24. The second-order valence-electron chi connectivity index (χ2n) is 4.49. The van der Waals surface area contributed by atoms with Gasteiger partial charge in [0.05, 0.1) is 0 Å². The Morgan fingerprint density at radius 3 is 3.07 bits per heavy atom. The number of nitrogens with zero attached hydrogens (tertiary/aromatic N) is 1. The monoisotopic (exact) mass is 208 g/mol. The fraction of sp³-hybridized carbons (Fsp3) is 0.846. The average Bonchev–Trinajstić information content (AvgIpc) is 2.29. The highest BCUT2D eigenvalue weighted by molar-refractivity contribution is 4.86. The van der Waals surface area contributed by atoms with Crippen molar-refractivity contribution in [2.24, 2.45) is 5.92 Å². The summed E-state index contributed by atoms with van der Waals surface area (Å²) in [6.45, 7) is 9.22. The fourth-order valence-corrected chi connectivity index (χ4v) is 2.33. The van der Waals surface area contributed by atoms with Crippen LogP contribution in [0.4, 0.5) is 0 Å². The lowest BCUT2D eigenvalue weighted by Gasteiger charge is -2.35. The fourth-order valence-electron chi connectivity index (χ4n) is 2.33. The molecule has 0 aliphatic carbocycles. The van der Waals surface area contributed by atoms with E-state index in [4.69, 9.17) is 6.42 Å². The van der Waals surface area contributed by atoms with E-state index < -0.39 is 0 Å². The zero-order chi connectivity index (χ0) is 11.1. The van der Waals surface area contributed by atoms with Crippen molar-refractivity contribution in [3.63, 3.8) is 0 Å². The number of hydrogen-bond donors (Lipinski definition) is 1. The van der Waals surface area contributed by atoms with E-state index in [1.54, 1.807) is 0 Å². The molecule has 1 fully saturated rings. The van der Waals surface area contributed by atoms with Gasteiger partial charge in [-0.05, 0) is 38.8 Å². The first kappa shape index (κ1) is 12.5. The van der Waals surface area contributed by atoms with Crippen LogP contribution >= 0.6 is 0 Å². The van der Waals surface area contributed by atoms with E-state index in [9.17, 15) is 0 Å². The van der Waals surface area contributed by atoms with Crippen LogP contribution in [0, 0.1) is 18.3 Å². The molecule has 2 nitrogen and oxygen atoms in total. The Labute approximate surface area is 94.4 Å². The summed E-state index contributed by atoms with van der Waals surface area (Å²) in [5, 5.41) is 3.53. The van der Waals surface area contributed by atoms with E-state index in [-0.39, 0.29) is 0 Å². The molecule has 2 atom stereocenters. The van der Waals surface area contributed by atoms with Crippen LogP contribution in [0.1, 0.15) is 33.1 Å². The summed E-state index contributed by atoms with van der Waals surface area (Å²) in [6, 6.07) is 0.604. The molecule has 1 aliphatic heterocycles. The predicted molar refractivity (Wildman–Crippen MR) is 65.8 cm³/mol. The van der Waals surface area contributed by atoms with Gasteiger partial charge in [0.25, 0.3) is 0 Å². The van der Waals surface area contributed by atoms with E-state index in [0.29, 0.717) is 6.04 Å². The molecule has 1 aliphatic rings. The van der Waals surface area contributed by atoms with Gasteiger partial charge in [0.1, 0.15) is 0 Å². The second-order valence-corrected chi connectivity index (χ2v) is 4.49. The minimum absolute atomic E-state index is 0.604. The topological polar surface area (TPSA) is 15.3 Å². The van der Waals surface area contributed by atoms with Crippen molar-refractivity contribution in [1.82, 2.24) is 10.2 Å². The maximum absolute atomic E-state index is 5.24. The lowest BCUT2D eigenvalue weighted by atomic mass is 9.91. The zero-order valence-corrected chi connectivity index (χ0v) is 10.1. The van der Waals surface area contributed by atoms with Crippen LogP contribution in [-0.4, -0.2) is 37.1 Å². The number of rotatable bonds is 5. The predicted octanol–water partition coefficient (Wildman–Crippen LogP) is 1.72. The SMILES string of the molecule is C#CCCNC(C)C1CCCN(CC)C1. The van der Waals surface area contributed by atoms with Crippen molar-refractivity contribution < 1.29 is 0 Å². The van der Waals surface area contributed by atoms with Gasteiger partial charge in [0, 0.05) is 25.6 Å². The molecule has 0 amide bonds. The van der Waals surface area contributed by atoms with Gasteiger partial charge in [-0.25, -0.2) is 0 Å². The van der Waals surface area contributed by atoms with E-state index in [1.165, 1.54) is 32.5 Å². The summed E-state index contributed by atoms with van der Waals surface area (Å²) in [4.78, 5) is 2.55. The molecule has 0 spiro atoms. The van der Waals surface area contributed by atoms with Gasteiger partial charge in [-0.1, -0.05) is 6.92 Å². The third-order valence-electron chi connectivity index (χ3n) is 3.43. The second kappa shape index (κ2) is 6.87. The Balaban J connectivity index is 2.26. The molecule has 1 rings (SSSR count). The van der Waals surface area contributed by atoms with Gasteiger partial charge < -0.3 is 10.2 Å². The molecule has 0 radical (unpaired) electrons. The van der Waals surface area contributed by atoms with Crippen molar-refractivity contribution in [3.05, 3.63) is 0 Å². The Kier molecular flexibility index (Phi) is 5.75. The molecule has 86 valence electrons. The highest BCUT2D eigenvalue weighted by Crippen LogP contribution is 2.19. The minimum Gasteiger partial charge on any atom is -0.313 e. The van der Waals surface area contributed by atoms with Crippen LogP contribution in [0.25, 0.3) is 0 Å². The summed E-state index contributed by atoms with van der Waals surface area (Å²) >= 11 is 0. The largest absolute Gasteiger partial charge is 0.313 e. The van der Waals surface area contributed by atoms with Gasteiger partial charge in [-0.2, -0.15) is 0 Å². The van der Waals surface area contributed by atoms with Crippen molar-refractivity contribution in [2.45, 2.75) is 39.2 Å². The Bertz CT molecular complexity index is 207. The first-order valence-electron chi connectivity index (χ1n) is 6.17. The van der Waals surface area contributed by atoms with Gasteiger partial charge >= 0.3 is 0 Å². The van der Waals surface area contributed by atoms with Crippen molar-refractivity contribution >= 4 is 0 Å². The molecule has 0 aromatic heterocycles. The number of terminal acetylenes is 1. The first-order valence-corrected chi connectivity index (χ1v) is 6.17. The highest BCUT2D eigenvalue weighted by Gasteiger charge is 2.22. The molecule has 2 heteroatoms. The normalized spacial score (nSPS) is 24.7. The summed E-state index contributed by atoms with van der Waals surface area (Å²) in [7, 11) is 0. The molecule has 1 saturated heterocycles. The minimum atomic E-state index is 0.604. The van der Waals surface area contributed by atoms with Crippen LogP contribution in [0.15, 0.2) is 0 Å². The zero-order valence-electron chi connectivity index (χ0n) is 10.1. The maximum atomic E-state index is 5.24. The third-order valence-corrected chi connectivity index (χ3v) is 3.43. The highest BCUT2D eigenvalue weighted by atomic mass is 15.1. The number of nitrogens with one attached hydrogen (secondary N) is 1. The molecule has 2 unspecified atom stereocenters. The van der Waals surface area contributed by atoms with E-state index in [1.807, 2.05) is 0 Å². The summed E-state index contributed by atoms with van der Waals surface area (Å²) < 4.78 is 0. The van der Waals surface area contributed by atoms with Crippen LogP contribution in [0.2, 0.25) is 0 Å². The molecule has 1 N–H and O–H groups in total. The van der Waals surface area contributed by atoms with E-state index in [2.05, 4.69) is 30.0 Å². The summed E-state index contributed by atoms with van der Waals surface area (Å²) in [5.74, 6) is 3.48. The Morgan fingerprint density at radius 1 is 1.60 bits per heavy atom. The molecule has 1 heterocycles. The van der Waals surface area contributed by atoms with Crippen LogP contribution in [0.3, 0.4) is 0 Å². The lowest BCUT2D eigenvalue weighted by Crippen LogP contribution is -2.44. The quantitative estimate of drug-likeness (QED) is 0.547. The molecule has 0 saturated carbocycles. The number of likely N-dealkylation sites (tertiary alicyclic amines) is 1. The Hall–Kier alpha value is -0.520. The smallest absolute Gasteiger partial charge is 0.0211 e. The van der Waals surface area contributed by atoms with E-state index >= 15 is 0 Å². The first-order chi connectivity index (χ1) is 7.27. The molecule has 0 aromatic carbocycles. The molecule has 15 heavy (non-hydrogen) atoms. The standard InChI is InChI=1S/C13H24N2/c1-4-6-9-14-12(3)13-8-7-10-15(5-2)11-13/h1,12-14H,5-11H2,2-3H3. The van der Waals surface area contributed by atoms with Gasteiger partial charge in [0.15, 0.2) is 0 Å². The van der Waals surface area contributed by atoms with Gasteiger partial charge in [-0.15, -0.1) is 12.3 Å². The summed E-state index contributed by atoms with van der Waals surface area (Å²) in [5.41, 5.74) is 0. The molecule has 0 aromatic rings. The van der Waals surface area contributed by atoms with Crippen molar-refractivity contribution in [1.29, 1.82) is 0 Å². The molecular weight excluding hydrogens is 184 g/mol. The van der Waals surface area contributed by atoms with Crippen molar-refractivity contribution in [3.8, 4) is 12.3 Å². The van der Waals surface area contributed by atoms with E-state index in [0.717, 1.165) is 18.9 Å². The summed E-state index contributed by atoms with van der Waals surface area (Å²) in [6.07, 6.45) is 8.79. The van der Waals surface area contributed by atoms with Crippen molar-refractivity contribution in [2.75, 3.05) is 26.2 Å². The Morgan fingerprint density at radius 2 is 2.40 bits per heavy atom. The number of piperidine rings is 1. The number of hydrogen-bond acceptors (Lipinski definition) is 2. The van der Waals surface area contributed by atoms with Gasteiger partial charge in [-0.3, -0.25) is 0 Å². The average molecular weight is 208 g/mol. The maximum Gasteiger partial charge on any atom is 0.0211 e. The van der Waals surface area contributed by atoms with Crippen LogP contribution in [-0.2, 0) is 0 Å². The lowest BCUT2D eigenvalue weighted by molar-refractivity contribution is 0.157. The van der Waals surface area contributed by atoms with Crippen LogP contribution < -0.4 is 5.32 Å².